The number of carboxylic acid groups (broad SMARTS) is 1. The summed E-state index contributed by atoms with van der Waals surface area (Å²) in [5.74, 6) is 0.500. The molecule has 1 N–H and O–H groups in total. The van der Waals surface area contributed by atoms with Crippen LogP contribution >= 0.6 is 0 Å². The fraction of sp³-hybridized carbons (Fsp3) is 0.333. The third-order valence-electron chi connectivity index (χ3n) is 2.23. The molecule has 0 radical (unpaired) electrons. The van der Waals surface area contributed by atoms with Gasteiger partial charge in [-0.15, -0.1) is 0 Å². The molecular weight excluding hydrogens is 204 g/mol. The molecule has 0 unspecified atom stereocenters. The second-order valence-electron chi connectivity index (χ2n) is 3.90. The number of aryl methyl sites for hydroxylation is 1. The minimum atomic E-state index is -0.250. The van der Waals surface area contributed by atoms with Crippen LogP contribution in [-0.4, -0.2) is 21.0 Å². The van der Waals surface area contributed by atoms with E-state index >= 15 is 0 Å². The Morgan fingerprint density at radius 1 is 1.50 bits per heavy atom. The third-order valence-corrected chi connectivity index (χ3v) is 2.23. The van der Waals surface area contributed by atoms with Crippen LogP contribution in [0.2, 0.25) is 0 Å². The zero-order chi connectivity index (χ0) is 12.1. The summed E-state index contributed by atoms with van der Waals surface area (Å²) in [6.45, 7) is 6.16. The summed E-state index contributed by atoms with van der Waals surface area (Å²) < 4.78 is 2.07. The van der Waals surface area contributed by atoms with Crippen LogP contribution in [0.4, 0.5) is 0 Å². The van der Waals surface area contributed by atoms with Crippen molar-refractivity contribution < 1.29 is 9.90 Å². The van der Waals surface area contributed by atoms with Gasteiger partial charge in [-0.1, -0.05) is 13.8 Å². The minimum Gasteiger partial charge on any atom is -0.483 e. The molecule has 4 nitrogen and oxygen atoms in total. The van der Waals surface area contributed by atoms with Crippen molar-refractivity contribution >= 4 is 12.1 Å². The van der Waals surface area contributed by atoms with Gasteiger partial charge in [-0.2, -0.15) is 0 Å². The Kier molecular flexibility index (Phi) is 4.05. The van der Waals surface area contributed by atoms with Gasteiger partial charge in [-0.25, -0.2) is 4.98 Å². The quantitative estimate of drug-likeness (QED) is 0.751. The number of aromatic nitrogens is 2. The number of carbonyl (C=O) groups is 1. The second kappa shape index (κ2) is 5.30. The van der Waals surface area contributed by atoms with Gasteiger partial charge in [0.1, 0.15) is 5.65 Å². The zero-order valence-corrected chi connectivity index (χ0v) is 9.71. The number of fused-ring (bicyclic) bond motifs is 1. The molecule has 2 rings (SSSR count). The Bertz CT molecular complexity index is 475. The lowest BCUT2D eigenvalue weighted by Gasteiger charge is -1.94. The molecule has 2 heterocycles. The van der Waals surface area contributed by atoms with Gasteiger partial charge in [0.2, 0.25) is 0 Å². The summed E-state index contributed by atoms with van der Waals surface area (Å²) >= 11 is 0. The third kappa shape index (κ3) is 2.82. The first-order valence-corrected chi connectivity index (χ1v) is 5.11. The van der Waals surface area contributed by atoms with Gasteiger partial charge >= 0.3 is 0 Å². The highest BCUT2D eigenvalue weighted by atomic mass is 16.3. The number of hydrogen-bond acceptors (Lipinski definition) is 2. The first kappa shape index (κ1) is 12.2. The van der Waals surface area contributed by atoms with Gasteiger partial charge in [0.05, 0.1) is 5.69 Å². The molecule has 16 heavy (non-hydrogen) atoms. The Balaban J connectivity index is 0.000000386. The van der Waals surface area contributed by atoms with Crippen molar-refractivity contribution in [1.29, 1.82) is 0 Å². The van der Waals surface area contributed by atoms with Gasteiger partial charge in [-0.3, -0.25) is 4.79 Å². The van der Waals surface area contributed by atoms with Crippen LogP contribution < -0.4 is 0 Å². The summed E-state index contributed by atoms with van der Waals surface area (Å²) in [7, 11) is 0. The van der Waals surface area contributed by atoms with E-state index in [0.717, 1.165) is 11.3 Å². The van der Waals surface area contributed by atoms with E-state index in [1.165, 1.54) is 5.56 Å². The SMILES string of the molecule is Cc1ccn2cc(C(C)C)nc2c1.O=CO. The molecule has 0 amide bonds. The first-order valence-electron chi connectivity index (χ1n) is 5.11. The largest absolute Gasteiger partial charge is 0.483 e. The molecule has 0 spiro atoms. The van der Waals surface area contributed by atoms with E-state index in [2.05, 4.69) is 54.7 Å². The van der Waals surface area contributed by atoms with E-state index in [4.69, 9.17) is 9.90 Å². The highest BCUT2D eigenvalue weighted by Crippen LogP contribution is 2.14. The molecule has 0 aromatic carbocycles. The summed E-state index contributed by atoms with van der Waals surface area (Å²) in [5, 5.41) is 6.89. The molecule has 2 aromatic rings. The lowest BCUT2D eigenvalue weighted by atomic mass is 10.2. The van der Waals surface area contributed by atoms with Gasteiger partial charge < -0.3 is 9.51 Å². The predicted molar refractivity (Wildman–Crippen MR) is 62.7 cm³/mol. The lowest BCUT2D eigenvalue weighted by Crippen LogP contribution is -1.84. The lowest BCUT2D eigenvalue weighted by molar-refractivity contribution is -0.122. The van der Waals surface area contributed by atoms with E-state index in [1.54, 1.807) is 0 Å². The van der Waals surface area contributed by atoms with Crippen LogP contribution in [0.25, 0.3) is 5.65 Å². The summed E-state index contributed by atoms with van der Waals surface area (Å²) in [4.78, 5) is 12.9. The molecule has 2 aromatic heterocycles. The van der Waals surface area contributed by atoms with Crippen molar-refractivity contribution in [1.82, 2.24) is 9.38 Å². The highest BCUT2D eigenvalue weighted by Gasteiger charge is 2.04. The zero-order valence-electron chi connectivity index (χ0n) is 9.71. The van der Waals surface area contributed by atoms with Crippen molar-refractivity contribution in [3.63, 3.8) is 0 Å². The predicted octanol–water partition coefficient (Wildman–Crippen LogP) is 2.47. The smallest absolute Gasteiger partial charge is 0.290 e. The molecule has 0 saturated carbocycles. The number of nitrogens with zero attached hydrogens (tertiary/aromatic N) is 2. The van der Waals surface area contributed by atoms with Crippen LogP contribution in [0.5, 0.6) is 0 Å². The average Bonchev–Trinajstić information content (AvgIpc) is 2.61. The van der Waals surface area contributed by atoms with Gasteiger partial charge in [-0.05, 0) is 30.5 Å². The molecule has 0 aliphatic heterocycles. The van der Waals surface area contributed by atoms with Crippen LogP contribution in [0, 0.1) is 6.92 Å². The highest BCUT2D eigenvalue weighted by molar-refractivity contribution is 5.42. The van der Waals surface area contributed by atoms with Gasteiger partial charge in [0.15, 0.2) is 0 Å². The summed E-state index contributed by atoms with van der Waals surface area (Å²) in [6, 6.07) is 4.20. The van der Waals surface area contributed by atoms with Gasteiger partial charge in [0.25, 0.3) is 6.47 Å². The minimum absolute atomic E-state index is 0.250. The van der Waals surface area contributed by atoms with Crippen LogP contribution in [-0.2, 0) is 4.79 Å². The molecule has 4 heteroatoms. The molecule has 0 bridgehead atoms. The van der Waals surface area contributed by atoms with Crippen molar-refractivity contribution in [2.24, 2.45) is 0 Å². The van der Waals surface area contributed by atoms with E-state index in [9.17, 15) is 0 Å². The van der Waals surface area contributed by atoms with E-state index in [1.807, 2.05) is 0 Å². The summed E-state index contributed by atoms with van der Waals surface area (Å²) in [5.41, 5.74) is 3.46. The molecule has 0 fully saturated rings. The monoisotopic (exact) mass is 220 g/mol. The maximum absolute atomic E-state index is 8.36. The maximum atomic E-state index is 8.36. The topological polar surface area (TPSA) is 54.6 Å². The molecule has 0 saturated heterocycles. The van der Waals surface area contributed by atoms with Crippen molar-refractivity contribution in [2.45, 2.75) is 26.7 Å². The average molecular weight is 220 g/mol. The molecule has 0 atom stereocenters. The maximum Gasteiger partial charge on any atom is 0.290 e. The number of hydrogen-bond donors (Lipinski definition) is 1. The Labute approximate surface area is 94.6 Å². The number of pyridine rings is 1. The normalized spacial score (nSPS) is 10.0. The first-order chi connectivity index (χ1) is 7.58. The van der Waals surface area contributed by atoms with Crippen LogP contribution in [0.1, 0.15) is 31.0 Å². The van der Waals surface area contributed by atoms with E-state index in [-0.39, 0.29) is 6.47 Å². The standard InChI is InChI=1S/C11H14N2.CH2O2/c1-8(2)10-7-13-5-4-9(3)6-11(13)12-10;2-1-3/h4-8H,1-3H3;1H,(H,2,3). The Hall–Kier alpha value is -1.84. The fourth-order valence-electron chi connectivity index (χ4n) is 1.38. The summed E-state index contributed by atoms with van der Waals surface area (Å²) in [6.07, 6.45) is 4.16. The van der Waals surface area contributed by atoms with Crippen LogP contribution in [0.3, 0.4) is 0 Å². The van der Waals surface area contributed by atoms with E-state index in [0.29, 0.717) is 5.92 Å². The second-order valence-corrected chi connectivity index (χ2v) is 3.90. The molecular formula is C12H16N2O2. The fourth-order valence-corrected chi connectivity index (χ4v) is 1.38. The Morgan fingerprint density at radius 2 is 2.12 bits per heavy atom. The van der Waals surface area contributed by atoms with Crippen molar-refractivity contribution in [2.75, 3.05) is 0 Å². The van der Waals surface area contributed by atoms with Crippen molar-refractivity contribution in [3.05, 3.63) is 35.8 Å². The molecule has 86 valence electrons. The van der Waals surface area contributed by atoms with Crippen LogP contribution in [0.15, 0.2) is 24.5 Å². The number of imidazole rings is 1. The molecule has 0 aliphatic rings. The van der Waals surface area contributed by atoms with Crippen molar-refractivity contribution in [3.8, 4) is 0 Å². The van der Waals surface area contributed by atoms with E-state index < -0.39 is 0 Å². The van der Waals surface area contributed by atoms with Gasteiger partial charge in [0, 0.05) is 12.4 Å². The Morgan fingerprint density at radius 3 is 2.69 bits per heavy atom. The molecule has 0 aliphatic carbocycles. The number of rotatable bonds is 1.